The highest BCUT2D eigenvalue weighted by Crippen LogP contribution is 2.20. The van der Waals surface area contributed by atoms with Gasteiger partial charge in [-0.1, -0.05) is 21.1 Å². The fourth-order valence-electron chi connectivity index (χ4n) is 1.51. The first-order chi connectivity index (χ1) is 8.69. The smallest absolute Gasteiger partial charge is 0.228 e. The van der Waals surface area contributed by atoms with E-state index in [2.05, 4.69) is 37.5 Å². The number of aromatic nitrogens is 2. The summed E-state index contributed by atoms with van der Waals surface area (Å²) in [6, 6.07) is 7.62. The largest absolute Gasteiger partial charge is 0.383 e. The van der Waals surface area contributed by atoms with Crippen LogP contribution in [0, 0.1) is 18.3 Å². The molecule has 0 aliphatic carbocycles. The van der Waals surface area contributed by atoms with Gasteiger partial charge in [-0.25, -0.2) is 0 Å². The number of halogens is 1. The van der Waals surface area contributed by atoms with Crippen LogP contribution in [0.1, 0.15) is 17.3 Å². The molecule has 0 bridgehead atoms. The standard InChI is InChI=1S/C12H11BrN4O/c1-8-16-12(18-17-8)4-5-15-11-6-10(13)3-2-9(11)7-14/h2-3,6,15H,4-5H2,1H3. The zero-order valence-electron chi connectivity index (χ0n) is 9.77. The molecule has 0 aliphatic rings. The van der Waals surface area contributed by atoms with E-state index in [-0.39, 0.29) is 0 Å². The summed E-state index contributed by atoms with van der Waals surface area (Å²) in [6.45, 7) is 2.41. The molecule has 0 atom stereocenters. The predicted octanol–water partition coefficient (Wildman–Crippen LogP) is 2.67. The van der Waals surface area contributed by atoms with E-state index in [0.717, 1.165) is 10.2 Å². The Bertz CT molecular complexity index is 588. The average Bonchev–Trinajstić information content (AvgIpc) is 2.75. The van der Waals surface area contributed by atoms with Gasteiger partial charge >= 0.3 is 0 Å². The van der Waals surface area contributed by atoms with E-state index in [1.165, 1.54) is 0 Å². The molecule has 0 aliphatic heterocycles. The molecule has 1 N–H and O–H groups in total. The molecule has 0 unspecified atom stereocenters. The Labute approximate surface area is 113 Å². The van der Waals surface area contributed by atoms with Crippen LogP contribution >= 0.6 is 15.9 Å². The number of anilines is 1. The Kier molecular flexibility index (Phi) is 3.95. The summed E-state index contributed by atoms with van der Waals surface area (Å²) in [5, 5.41) is 15.9. The first-order valence-corrected chi connectivity index (χ1v) is 6.21. The van der Waals surface area contributed by atoms with Crippen molar-refractivity contribution in [3.63, 3.8) is 0 Å². The van der Waals surface area contributed by atoms with E-state index in [1.54, 1.807) is 13.0 Å². The molecule has 0 amide bonds. The molecule has 2 aromatic rings. The molecule has 1 aromatic heterocycles. The summed E-state index contributed by atoms with van der Waals surface area (Å²) in [5.74, 6) is 1.22. The van der Waals surface area contributed by atoms with Crippen molar-refractivity contribution in [2.45, 2.75) is 13.3 Å². The van der Waals surface area contributed by atoms with Gasteiger partial charge in [0.2, 0.25) is 5.89 Å². The lowest BCUT2D eigenvalue weighted by Crippen LogP contribution is -2.06. The van der Waals surface area contributed by atoms with Crippen LogP contribution in [0.3, 0.4) is 0 Å². The van der Waals surface area contributed by atoms with Crippen LogP contribution in [0.15, 0.2) is 27.2 Å². The SMILES string of the molecule is Cc1noc(CCNc2cc(Br)ccc2C#N)n1. The highest BCUT2D eigenvalue weighted by atomic mass is 79.9. The summed E-state index contributed by atoms with van der Waals surface area (Å²) < 4.78 is 5.94. The molecule has 1 aromatic carbocycles. The fourth-order valence-corrected chi connectivity index (χ4v) is 1.87. The van der Waals surface area contributed by atoms with Crippen LogP contribution in [0.4, 0.5) is 5.69 Å². The van der Waals surface area contributed by atoms with Crippen LogP contribution in [-0.4, -0.2) is 16.7 Å². The quantitative estimate of drug-likeness (QED) is 0.940. The monoisotopic (exact) mass is 306 g/mol. The lowest BCUT2D eigenvalue weighted by Gasteiger charge is -2.07. The minimum atomic E-state index is 0.591. The highest BCUT2D eigenvalue weighted by molar-refractivity contribution is 9.10. The number of nitrogens with zero attached hydrogens (tertiary/aromatic N) is 3. The van der Waals surface area contributed by atoms with E-state index in [4.69, 9.17) is 9.78 Å². The fraction of sp³-hybridized carbons (Fsp3) is 0.250. The molecular weight excluding hydrogens is 296 g/mol. The molecular formula is C12H11BrN4O. The van der Waals surface area contributed by atoms with Crippen molar-refractivity contribution in [1.82, 2.24) is 10.1 Å². The van der Waals surface area contributed by atoms with Gasteiger partial charge in [-0.3, -0.25) is 0 Å². The van der Waals surface area contributed by atoms with Crippen LogP contribution in [0.25, 0.3) is 0 Å². The number of hydrogen-bond acceptors (Lipinski definition) is 5. The summed E-state index contributed by atoms with van der Waals surface area (Å²) in [6.07, 6.45) is 0.623. The second-order valence-electron chi connectivity index (χ2n) is 3.71. The molecule has 0 saturated heterocycles. The Hall–Kier alpha value is -1.87. The number of hydrogen-bond donors (Lipinski definition) is 1. The second kappa shape index (κ2) is 5.65. The summed E-state index contributed by atoms with van der Waals surface area (Å²) in [7, 11) is 0. The summed E-state index contributed by atoms with van der Waals surface area (Å²) >= 11 is 3.38. The van der Waals surface area contributed by atoms with Gasteiger partial charge in [0.25, 0.3) is 0 Å². The zero-order chi connectivity index (χ0) is 13.0. The molecule has 2 rings (SSSR count). The topological polar surface area (TPSA) is 74.7 Å². The van der Waals surface area contributed by atoms with E-state index in [0.29, 0.717) is 30.2 Å². The lowest BCUT2D eigenvalue weighted by atomic mass is 10.2. The van der Waals surface area contributed by atoms with Crippen molar-refractivity contribution >= 4 is 21.6 Å². The molecule has 1 heterocycles. The van der Waals surface area contributed by atoms with Crippen molar-refractivity contribution < 1.29 is 4.52 Å². The van der Waals surface area contributed by atoms with Gasteiger partial charge in [0.15, 0.2) is 5.82 Å². The van der Waals surface area contributed by atoms with E-state index in [1.807, 2.05) is 12.1 Å². The van der Waals surface area contributed by atoms with Crippen LogP contribution in [-0.2, 0) is 6.42 Å². The third-order valence-electron chi connectivity index (χ3n) is 2.33. The Morgan fingerprint density at radius 1 is 1.50 bits per heavy atom. The number of rotatable bonds is 4. The number of nitrogens with one attached hydrogen (secondary N) is 1. The minimum Gasteiger partial charge on any atom is -0.383 e. The maximum atomic E-state index is 8.98. The number of nitriles is 1. The molecule has 5 nitrogen and oxygen atoms in total. The van der Waals surface area contributed by atoms with Crippen molar-refractivity contribution in [2.75, 3.05) is 11.9 Å². The van der Waals surface area contributed by atoms with Crippen molar-refractivity contribution in [1.29, 1.82) is 5.26 Å². The second-order valence-corrected chi connectivity index (χ2v) is 4.63. The minimum absolute atomic E-state index is 0.591. The Balaban J connectivity index is 1.98. The van der Waals surface area contributed by atoms with Gasteiger partial charge in [-0.05, 0) is 25.1 Å². The molecule has 0 radical (unpaired) electrons. The van der Waals surface area contributed by atoms with Gasteiger partial charge in [0.05, 0.1) is 11.3 Å². The van der Waals surface area contributed by atoms with Crippen molar-refractivity contribution in [3.05, 3.63) is 40.0 Å². The predicted molar refractivity (Wildman–Crippen MR) is 70.1 cm³/mol. The summed E-state index contributed by atoms with van der Waals surface area (Å²) in [4.78, 5) is 4.11. The Morgan fingerprint density at radius 3 is 3.00 bits per heavy atom. The summed E-state index contributed by atoms with van der Waals surface area (Å²) in [5.41, 5.74) is 1.41. The van der Waals surface area contributed by atoms with E-state index >= 15 is 0 Å². The maximum absolute atomic E-state index is 8.98. The Morgan fingerprint density at radius 2 is 2.33 bits per heavy atom. The molecule has 0 saturated carbocycles. The van der Waals surface area contributed by atoms with Crippen LogP contribution < -0.4 is 5.32 Å². The molecule has 18 heavy (non-hydrogen) atoms. The first-order valence-electron chi connectivity index (χ1n) is 5.42. The van der Waals surface area contributed by atoms with Crippen LogP contribution in [0.5, 0.6) is 0 Å². The maximum Gasteiger partial charge on any atom is 0.228 e. The van der Waals surface area contributed by atoms with Gasteiger partial charge in [0.1, 0.15) is 6.07 Å². The van der Waals surface area contributed by atoms with E-state index in [9.17, 15) is 0 Å². The molecule has 0 spiro atoms. The normalized spacial score (nSPS) is 10.1. The molecule has 92 valence electrons. The first kappa shape index (κ1) is 12.6. The number of aryl methyl sites for hydroxylation is 1. The number of benzene rings is 1. The highest BCUT2D eigenvalue weighted by Gasteiger charge is 2.05. The van der Waals surface area contributed by atoms with Gasteiger partial charge < -0.3 is 9.84 Å². The lowest BCUT2D eigenvalue weighted by molar-refractivity contribution is 0.377. The molecule has 0 fully saturated rings. The zero-order valence-corrected chi connectivity index (χ0v) is 11.4. The van der Waals surface area contributed by atoms with Crippen LogP contribution in [0.2, 0.25) is 0 Å². The van der Waals surface area contributed by atoms with E-state index < -0.39 is 0 Å². The van der Waals surface area contributed by atoms with Gasteiger partial charge in [-0.15, -0.1) is 0 Å². The molecule has 6 heteroatoms. The average molecular weight is 307 g/mol. The third kappa shape index (κ3) is 3.08. The van der Waals surface area contributed by atoms with Crippen molar-refractivity contribution in [3.8, 4) is 6.07 Å². The van der Waals surface area contributed by atoms with Crippen molar-refractivity contribution in [2.24, 2.45) is 0 Å². The van der Waals surface area contributed by atoms with Gasteiger partial charge in [-0.2, -0.15) is 10.2 Å². The third-order valence-corrected chi connectivity index (χ3v) is 2.82. The van der Waals surface area contributed by atoms with Gasteiger partial charge in [0, 0.05) is 17.4 Å².